The van der Waals surface area contributed by atoms with E-state index < -0.39 is 0 Å². The van der Waals surface area contributed by atoms with Gasteiger partial charge in [0.15, 0.2) is 0 Å². The van der Waals surface area contributed by atoms with Gasteiger partial charge in [-0.3, -0.25) is 0 Å². The van der Waals surface area contributed by atoms with Crippen molar-refractivity contribution in [1.82, 2.24) is 14.9 Å². The van der Waals surface area contributed by atoms with Crippen molar-refractivity contribution in [2.45, 2.75) is 20.4 Å². The highest BCUT2D eigenvalue weighted by Gasteiger charge is 2.06. The highest BCUT2D eigenvalue weighted by molar-refractivity contribution is 5.60. The first kappa shape index (κ1) is 9.58. The Morgan fingerprint density at radius 3 is 2.92 bits per heavy atom. The molecule has 1 aromatic heterocycles. The van der Waals surface area contributed by atoms with E-state index in [1.807, 2.05) is 13.3 Å². The summed E-state index contributed by atoms with van der Waals surface area (Å²) in [6.45, 7) is 12.5. The van der Waals surface area contributed by atoms with Crippen molar-refractivity contribution in [3.05, 3.63) is 37.1 Å². The summed E-state index contributed by atoms with van der Waals surface area (Å²) in [5, 5.41) is 2.93. The fourth-order valence-electron chi connectivity index (χ4n) is 1.25. The maximum Gasteiger partial charge on any atom is 0.107 e. The summed E-state index contributed by atoms with van der Waals surface area (Å²) in [6.07, 6.45) is 3.42. The Bertz CT molecular complexity index is 323. The SMILES string of the molecule is C=CNC(=C)c1ncn(CC)c1C. The summed E-state index contributed by atoms with van der Waals surface area (Å²) in [5.41, 5.74) is 2.82. The van der Waals surface area contributed by atoms with Crippen molar-refractivity contribution in [2.75, 3.05) is 0 Å². The number of rotatable bonds is 4. The molecule has 0 aliphatic heterocycles. The van der Waals surface area contributed by atoms with E-state index in [9.17, 15) is 0 Å². The van der Waals surface area contributed by atoms with Crippen molar-refractivity contribution in [1.29, 1.82) is 0 Å². The number of nitrogens with one attached hydrogen (secondary N) is 1. The molecule has 0 bridgehead atoms. The Morgan fingerprint density at radius 1 is 1.77 bits per heavy atom. The third kappa shape index (κ3) is 1.80. The number of aryl methyl sites for hydroxylation is 1. The van der Waals surface area contributed by atoms with Gasteiger partial charge in [-0.25, -0.2) is 4.98 Å². The van der Waals surface area contributed by atoms with E-state index in [2.05, 4.69) is 34.9 Å². The third-order valence-corrected chi connectivity index (χ3v) is 2.00. The van der Waals surface area contributed by atoms with Crippen LogP contribution < -0.4 is 5.32 Å². The van der Waals surface area contributed by atoms with Crippen LogP contribution in [0.15, 0.2) is 25.7 Å². The molecule has 1 N–H and O–H groups in total. The standard InChI is InChI=1S/C10H15N3/c1-5-11-8(3)10-9(4)13(6-2)7-12-10/h5,7,11H,1,3,6H2,2,4H3. The smallest absolute Gasteiger partial charge is 0.107 e. The quantitative estimate of drug-likeness (QED) is 0.761. The second-order valence-electron chi connectivity index (χ2n) is 2.79. The van der Waals surface area contributed by atoms with Gasteiger partial charge in [0.05, 0.1) is 12.0 Å². The van der Waals surface area contributed by atoms with Gasteiger partial charge in [0.1, 0.15) is 5.69 Å². The van der Waals surface area contributed by atoms with Crippen LogP contribution in [0, 0.1) is 6.92 Å². The van der Waals surface area contributed by atoms with E-state index in [1.54, 1.807) is 6.20 Å². The molecule has 0 radical (unpaired) electrons. The number of imidazole rings is 1. The first-order valence-electron chi connectivity index (χ1n) is 4.29. The van der Waals surface area contributed by atoms with E-state index in [4.69, 9.17) is 0 Å². The summed E-state index contributed by atoms with van der Waals surface area (Å²) in [4.78, 5) is 4.26. The Balaban J connectivity index is 2.95. The minimum absolute atomic E-state index is 0.791. The topological polar surface area (TPSA) is 29.9 Å². The van der Waals surface area contributed by atoms with Crippen molar-refractivity contribution >= 4 is 5.70 Å². The summed E-state index contributed by atoms with van der Waals surface area (Å²) in [5.74, 6) is 0. The Kier molecular flexibility index (Phi) is 2.90. The van der Waals surface area contributed by atoms with Crippen molar-refractivity contribution < 1.29 is 0 Å². The van der Waals surface area contributed by atoms with Crippen LogP contribution in [0.3, 0.4) is 0 Å². The van der Waals surface area contributed by atoms with Gasteiger partial charge in [-0.05, 0) is 20.0 Å². The average molecular weight is 177 g/mol. The molecule has 0 aromatic carbocycles. The third-order valence-electron chi connectivity index (χ3n) is 2.00. The zero-order chi connectivity index (χ0) is 9.84. The molecule has 1 heterocycles. The molecule has 0 unspecified atom stereocenters. The molecule has 0 saturated heterocycles. The largest absolute Gasteiger partial charge is 0.361 e. The second kappa shape index (κ2) is 3.94. The summed E-state index contributed by atoms with van der Waals surface area (Å²) < 4.78 is 2.07. The van der Waals surface area contributed by atoms with Crippen molar-refractivity contribution in [3.63, 3.8) is 0 Å². The van der Waals surface area contributed by atoms with Gasteiger partial charge in [0.2, 0.25) is 0 Å². The molecule has 0 fully saturated rings. The van der Waals surface area contributed by atoms with Gasteiger partial charge in [-0.2, -0.15) is 0 Å². The minimum atomic E-state index is 0.791. The first-order valence-corrected chi connectivity index (χ1v) is 4.29. The highest BCUT2D eigenvalue weighted by Crippen LogP contribution is 2.12. The molecule has 3 heteroatoms. The van der Waals surface area contributed by atoms with Crippen LogP contribution in [0.2, 0.25) is 0 Å². The number of nitrogens with zero attached hydrogens (tertiary/aromatic N) is 2. The Morgan fingerprint density at radius 2 is 2.46 bits per heavy atom. The van der Waals surface area contributed by atoms with E-state index >= 15 is 0 Å². The first-order chi connectivity index (χ1) is 6.20. The van der Waals surface area contributed by atoms with Gasteiger partial charge in [-0.15, -0.1) is 0 Å². The van der Waals surface area contributed by atoms with E-state index in [-0.39, 0.29) is 0 Å². The lowest BCUT2D eigenvalue weighted by molar-refractivity contribution is 0.736. The maximum absolute atomic E-state index is 4.26. The lowest BCUT2D eigenvalue weighted by Crippen LogP contribution is -2.04. The summed E-state index contributed by atoms with van der Waals surface area (Å²) in [7, 11) is 0. The molecule has 1 rings (SSSR count). The number of hydrogen-bond acceptors (Lipinski definition) is 2. The van der Waals surface area contributed by atoms with Crippen LogP contribution in [0.1, 0.15) is 18.3 Å². The minimum Gasteiger partial charge on any atom is -0.361 e. The van der Waals surface area contributed by atoms with Gasteiger partial charge in [0.25, 0.3) is 0 Å². The second-order valence-corrected chi connectivity index (χ2v) is 2.79. The van der Waals surface area contributed by atoms with Crippen LogP contribution in [0.4, 0.5) is 0 Å². The molecule has 0 amide bonds. The van der Waals surface area contributed by atoms with Crippen LogP contribution >= 0.6 is 0 Å². The van der Waals surface area contributed by atoms with E-state index in [0.29, 0.717) is 0 Å². The lowest BCUT2D eigenvalue weighted by Gasteiger charge is -2.04. The zero-order valence-corrected chi connectivity index (χ0v) is 8.17. The van der Waals surface area contributed by atoms with Gasteiger partial charge < -0.3 is 9.88 Å². The molecule has 3 nitrogen and oxygen atoms in total. The lowest BCUT2D eigenvalue weighted by atomic mass is 10.3. The van der Waals surface area contributed by atoms with Crippen LogP contribution in [-0.2, 0) is 6.54 Å². The molecule has 0 spiro atoms. The predicted octanol–water partition coefficient (Wildman–Crippen LogP) is 1.92. The molecule has 0 aliphatic carbocycles. The zero-order valence-electron chi connectivity index (χ0n) is 8.17. The molecule has 70 valence electrons. The van der Waals surface area contributed by atoms with Gasteiger partial charge in [0, 0.05) is 12.2 Å². The number of hydrogen-bond donors (Lipinski definition) is 1. The maximum atomic E-state index is 4.26. The normalized spacial score (nSPS) is 9.69. The average Bonchev–Trinajstić information content (AvgIpc) is 2.47. The molecular weight excluding hydrogens is 162 g/mol. The van der Waals surface area contributed by atoms with Crippen molar-refractivity contribution in [3.8, 4) is 0 Å². The van der Waals surface area contributed by atoms with Crippen LogP contribution in [0.5, 0.6) is 0 Å². The molecule has 13 heavy (non-hydrogen) atoms. The molecule has 0 atom stereocenters. The van der Waals surface area contributed by atoms with E-state index in [1.165, 1.54) is 0 Å². The fraction of sp³-hybridized carbons (Fsp3) is 0.300. The molecular formula is C10H15N3. The van der Waals surface area contributed by atoms with Gasteiger partial charge in [-0.1, -0.05) is 13.2 Å². The number of aromatic nitrogens is 2. The predicted molar refractivity (Wildman–Crippen MR) is 55.0 cm³/mol. The van der Waals surface area contributed by atoms with Crippen LogP contribution in [-0.4, -0.2) is 9.55 Å². The van der Waals surface area contributed by atoms with Crippen LogP contribution in [0.25, 0.3) is 5.70 Å². The Hall–Kier alpha value is -1.51. The van der Waals surface area contributed by atoms with Gasteiger partial charge >= 0.3 is 0 Å². The monoisotopic (exact) mass is 177 g/mol. The summed E-state index contributed by atoms with van der Waals surface area (Å²) >= 11 is 0. The fourth-order valence-corrected chi connectivity index (χ4v) is 1.25. The van der Waals surface area contributed by atoms with Crippen molar-refractivity contribution in [2.24, 2.45) is 0 Å². The highest BCUT2D eigenvalue weighted by atomic mass is 15.1. The molecule has 0 saturated carbocycles. The Labute approximate surface area is 78.8 Å². The molecule has 1 aromatic rings. The molecule has 0 aliphatic rings. The summed E-state index contributed by atoms with van der Waals surface area (Å²) in [6, 6.07) is 0. The van der Waals surface area contributed by atoms with E-state index in [0.717, 1.165) is 23.6 Å².